The van der Waals surface area contributed by atoms with Crippen LogP contribution in [0.25, 0.3) is 10.4 Å². The minimum absolute atomic E-state index is 0.00539. The van der Waals surface area contributed by atoms with Crippen LogP contribution in [0.1, 0.15) is 51.7 Å². The van der Waals surface area contributed by atoms with Crippen molar-refractivity contribution in [3.63, 3.8) is 0 Å². The largest absolute Gasteiger partial charge is 0.445 e. The predicted octanol–water partition coefficient (Wildman–Crippen LogP) is 2.95. The monoisotopic (exact) mass is 943 g/mol. The highest BCUT2D eigenvalue weighted by atomic mass is 16.8. The number of hydrogen-bond donors (Lipinski definition) is 7. The average molecular weight is 944 g/mol. The molecule has 6 rings (SSSR count). The third kappa shape index (κ3) is 13.2. The minimum atomic E-state index is -1.42. The fraction of sp³-hybridized carbons (Fsp3) is 0.652. The van der Waals surface area contributed by atoms with Gasteiger partial charge in [-0.2, -0.15) is 0 Å². The number of carbonyl (C=O) groups excluding carboxylic acids is 2. The van der Waals surface area contributed by atoms with E-state index in [-0.39, 0.29) is 39.3 Å². The number of azide groups is 1. The van der Waals surface area contributed by atoms with Crippen molar-refractivity contribution in [2.45, 2.75) is 152 Å². The predicted molar refractivity (Wildman–Crippen MR) is 235 cm³/mol. The summed E-state index contributed by atoms with van der Waals surface area (Å²) < 4.78 is 55.9. The van der Waals surface area contributed by atoms with E-state index in [9.17, 15) is 35.1 Å². The van der Waals surface area contributed by atoms with Crippen LogP contribution in [0.15, 0.2) is 78.4 Å². The van der Waals surface area contributed by atoms with Gasteiger partial charge in [0.15, 0.2) is 18.9 Å². The lowest BCUT2D eigenvalue weighted by molar-refractivity contribution is -0.321. The molecule has 0 unspecified atom stereocenters. The van der Waals surface area contributed by atoms with Crippen LogP contribution in [0, 0.1) is 17.8 Å². The van der Waals surface area contributed by atoms with E-state index in [0.717, 1.165) is 11.1 Å². The standard InChI is InChI=1S/C46H65N5O16/c1-6-18-59-41-39(66-43-26(5)34(53)36(55)31(63-43)20-48-45(57)60-22-27-14-10-8-11-15-27)30(7-2)62-44(41)67-40-33(52)24(3)19-29(50-46(58)61-23-28-16-12-9-13-17-28)38(40)65-42-25(4)35(54)37(56)32(64-42)21-49-51-47/h6,8-17,24-26,29-44,52-56H,1,7,18-23H2,2-5H3,(H,48,57)(H,50,58)/t24-,25-,26-,29+,30-,31+,32-,33+,34-,35-,36-,37-,38-,39-,40-,41-,42-,43-,44+/m1/s1. The van der Waals surface area contributed by atoms with Crippen molar-refractivity contribution in [3.8, 4) is 0 Å². The van der Waals surface area contributed by atoms with E-state index in [4.69, 9.17) is 48.2 Å². The maximum absolute atomic E-state index is 13.4. The van der Waals surface area contributed by atoms with Gasteiger partial charge >= 0.3 is 12.2 Å². The summed E-state index contributed by atoms with van der Waals surface area (Å²) >= 11 is 0. The van der Waals surface area contributed by atoms with Gasteiger partial charge < -0.3 is 78.8 Å². The molecule has 1 aliphatic carbocycles. The van der Waals surface area contributed by atoms with Crippen LogP contribution in [0.2, 0.25) is 0 Å². The summed E-state index contributed by atoms with van der Waals surface area (Å²) in [7, 11) is 0. The summed E-state index contributed by atoms with van der Waals surface area (Å²) in [6.45, 7) is 10.1. The van der Waals surface area contributed by atoms with Crippen molar-refractivity contribution >= 4 is 12.2 Å². The molecule has 3 aliphatic heterocycles. The fourth-order valence-electron chi connectivity index (χ4n) is 8.77. The first-order chi connectivity index (χ1) is 32.2. The molecule has 2 amide bonds. The van der Waals surface area contributed by atoms with Crippen molar-refractivity contribution in [2.75, 3.05) is 19.7 Å². The van der Waals surface area contributed by atoms with E-state index < -0.39 is 128 Å². The van der Waals surface area contributed by atoms with Gasteiger partial charge in [-0.05, 0) is 35.4 Å². The van der Waals surface area contributed by atoms with Crippen molar-refractivity contribution in [2.24, 2.45) is 22.9 Å². The molecule has 4 fully saturated rings. The summed E-state index contributed by atoms with van der Waals surface area (Å²) in [4.78, 5) is 28.8. The van der Waals surface area contributed by atoms with Crippen molar-refractivity contribution < 1.29 is 77.8 Å². The Labute approximate surface area is 389 Å². The third-order valence-electron chi connectivity index (χ3n) is 12.7. The first-order valence-electron chi connectivity index (χ1n) is 22.7. The van der Waals surface area contributed by atoms with E-state index in [1.165, 1.54) is 6.08 Å². The molecule has 0 spiro atoms. The summed E-state index contributed by atoms with van der Waals surface area (Å²) in [5.41, 5.74) is 10.5. The Morgan fingerprint density at radius 2 is 1.27 bits per heavy atom. The second-order valence-corrected chi connectivity index (χ2v) is 17.5. The number of nitrogens with one attached hydrogen (secondary N) is 2. The average Bonchev–Trinajstić information content (AvgIpc) is 3.66. The number of amides is 2. The molecule has 2 aromatic rings. The first kappa shape index (κ1) is 51.9. The van der Waals surface area contributed by atoms with Crippen molar-refractivity contribution in [3.05, 3.63) is 94.9 Å². The van der Waals surface area contributed by atoms with E-state index in [1.807, 2.05) is 43.3 Å². The highest BCUT2D eigenvalue weighted by Crippen LogP contribution is 2.39. The van der Waals surface area contributed by atoms with Crippen LogP contribution in [-0.2, 0) is 55.8 Å². The van der Waals surface area contributed by atoms with Crippen LogP contribution in [0.5, 0.6) is 0 Å². The highest BCUT2D eigenvalue weighted by molar-refractivity contribution is 5.68. The molecule has 19 atom stereocenters. The summed E-state index contributed by atoms with van der Waals surface area (Å²) in [6, 6.07) is 17.3. The van der Waals surface area contributed by atoms with Gasteiger partial charge in [-0.25, -0.2) is 9.59 Å². The lowest BCUT2D eigenvalue weighted by atomic mass is 9.80. The number of alkyl carbamates (subject to hydrolysis) is 2. The smallest absolute Gasteiger partial charge is 0.407 e. The van der Waals surface area contributed by atoms with Gasteiger partial charge in [-0.1, -0.05) is 99.5 Å². The number of aliphatic hydroxyl groups excluding tert-OH is 5. The Morgan fingerprint density at radius 3 is 1.85 bits per heavy atom. The number of benzene rings is 2. The van der Waals surface area contributed by atoms with Crippen LogP contribution >= 0.6 is 0 Å². The first-order valence-corrected chi connectivity index (χ1v) is 22.7. The van der Waals surface area contributed by atoms with Crippen LogP contribution in [-0.4, -0.2) is 156 Å². The maximum Gasteiger partial charge on any atom is 0.407 e. The van der Waals surface area contributed by atoms with Gasteiger partial charge in [0.25, 0.3) is 0 Å². The summed E-state index contributed by atoms with van der Waals surface area (Å²) in [6.07, 6.45) is -17.4. The van der Waals surface area contributed by atoms with Crippen LogP contribution in [0.4, 0.5) is 9.59 Å². The Balaban J connectivity index is 1.22. The van der Waals surface area contributed by atoms with Gasteiger partial charge in [0.05, 0.1) is 49.7 Å². The normalized spacial score (nSPS) is 37.4. The number of aliphatic hydroxyl groups is 5. The Morgan fingerprint density at radius 1 is 0.731 bits per heavy atom. The number of carbonyl (C=O) groups is 2. The molecular formula is C46H65N5O16. The molecule has 0 bridgehead atoms. The third-order valence-corrected chi connectivity index (χ3v) is 12.7. The van der Waals surface area contributed by atoms with E-state index in [0.29, 0.717) is 6.42 Å². The molecule has 2 aromatic carbocycles. The molecule has 0 aromatic heterocycles. The number of rotatable bonds is 19. The van der Waals surface area contributed by atoms with Crippen LogP contribution < -0.4 is 10.6 Å². The van der Waals surface area contributed by atoms with E-state index in [2.05, 4.69) is 27.2 Å². The van der Waals surface area contributed by atoms with Gasteiger partial charge in [0.1, 0.15) is 55.9 Å². The molecule has 7 N–H and O–H groups in total. The highest BCUT2D eigenvalue weighted by Gasteiger charge is 2.55. The molecule has 0 radical (unpaired) electrons. The molecule has 370 valence electrons. The SMILES string of the molecule is C=CCO[C@H]1[C@H](O[C@@H]2[C@@H](O)[C@H](C)C[C@H](NC(=O)OCc3ccccc3)[C@H]2O[C@H]2O[C@H](CN=[N+]=[N-])[C@@H](O)[C@H](O)[C@H]2C)O[C@H](CC)[C@H]1O[C@H]1O[C@@H](CNC(=O)OCc2ccccc2)[C@@H](O)[C@H](O)[C@H]1C. The van der Waals surface area contributed by atoms with Gasteiger partial charge in [-0.3, -0.25) is 0 Å². The Hall–Kier alpha value is -4.45. The van der Waals surface area contributed by atoms with E-state index in [1.54, 1.807) is 45.0 Å². The summed E-state index contributed by atoms with van der Waals surface area (Å²) in [5, 5.41) is 65.0. The van der Waals surface area contributed by atoms with E-state index >= 15 is 0 Å². The second kappa shape index (κ2) is 24.7. The molecule has 1 saturated carbocycles. The lowest BCUT2D eigenvalue weighted by Gasteiger charge is -2.48. The topological polar surface area (TPSA) is 291 Å². The van der Waals surface area contributed by atoms with Gasteiger partial charge in [-0.15, -0.1) is 6.58 Å². The Bertz CT molecular complexity index is 1920. The van der Waals surface area contributed by atoms with Gasteiger partial charge in [0, 0.05) is 23.3 Å². The summed E-state index contributed by atoms with van der Waals surface area (Å²) in [5.74, 6) is -2.15. The molecule has 3 heterocycles. The molecule has 21 heteroatoms. The molecule has 4 aliphatic rings. The minimum Gasteiger partial charge on any atom is -0.445 e. The molecular weight excluding hydrogens is 879 g/mol. The van der Waals surface area contributed by atoms with Gasteiger partial charge in [0.2, 0.25) is 0 Å². The fourth-order valence-corrected chi connectivity index (χ4v) is 8.77. The zero-order valence-corrected chi connectivity index (χ0v) is 38.0. The van der Waals surface area contributed by atoms with Crippen molar-refractivity contribution in [1.82, 2.24) is 10.6 Å². The molecule has 21 nitrogen and oxygen atoms in total. The van der Waals surface area contributed by atoms with Crippen LogP contribution in [0.3, 0.4) is 0 Å². The Kier molecular flexibility index (Phi) is 19.2. The zero-order valence-electron chi connectivity index (χ0n) is 38.0. The molecule has 3 saturated heterocycles. The number of ether oxygens (including phenoxy) is 9. The maximum atomic E-state index is 13.4. The quantitative estimate of drug-likeness (QED) is 0.0461. The zero-order chi connectivity index (χ0) is 48.2. The lowest BCUT2D eigenvalue weighted by Crippen LogP contribution is -2.64. The second-order valence-electron chi connectivity index (χ2n) is 17.5. The number of nitrogens with zero attached hydrogens (tertiary/aromatic N) is 3. The van der Waals surface area contributed by atoms with Crippen molar-refractivity contribution in [1.29, 1.82) is 0 Å². The molecule has 67 heavy (non-hydrogen) atoms. The number of hydrogen-bond acceptors (Lipinski definition) is 17.